The Balaban J connectivity index is 1.52. The van der Waals surface area contributed by atoms with Crippen molar-refractivity contribution >= 4 is 16.9 Å². The molecule has 1 atom stereocenters. The first-order chi connectivity index (χ1) is 14.6. The molecule has 2 aromatic carbocycles. The first-order valence-corrected chi connectivity index (χ1v) is 11.0. The number of aryl methyl sites for hydroxylation is 3. The second-order valence-corrected chi connectivity index (χ2v) is 8.18. The van der Waals surface area contributed by atoms with Crippen molar-refractivity contribution in [2.24, 2.45) is 0 Å². The molecule has 0 saturated carbocycles. The molecule has 3 aromatic rings. The summed E-state index contributed by atoms with van der Waals surface area (Å²) >= 11 is 0. The van der Waals surface area contributed by atoms with Gasteiger partial charge in [-0.3, -0.25) is 4.79 Å². The predicted molar refractivity (Wildman–Crippen MR) is 120 cm³/mol. The number of para-hydroxylation sites is 2. The number of nitrogens with zero attached hydrogens (tertiary/aromatic N) is 3. The van der Waals surface area contributed by atoms with Crippen molar-refractivity contribution < 1.29 is 9.53 Å². The van der Waals surface area contributed by atoms with E-state index in [2.05, 4.69) is 54.8 Å². The Morgan fingerprint density at radius 2 is 2.03 bits per heavy atom. The minimum absolute atomic E-state index is 0.0742. The second-order valence-electron chi connectivity index (χ2n) is 8.18. The number of fused-ring (bicyclic) bond motifs is 1. The molecule has 0 radical (unpaired) electrons. The van der Waals surface area contributed by atoms with Crippen LogP contribution >= 0.6 is 0 Å². The van der Waals surface area contributed by atoms with Crippen LogP contribution < -0.4 is 4.74 Å². The Morgan fingerprint density at radius 3 is 2.83 bits per heavy atom. The van der Waals surface area contributed by atoms with Crippen molar-refractivity contribution in [3.05, 3.63) is 59.4 Å². The van der Waals surface area contributed by atoms with Gasteiger partial charge in [0.05, 0.1) is 23.7 Å². The number of aromatic nitrogens is 2. The first kappa shape index (κ1) is 20.5. The first-order valence-electron chi connectivity index (χ1n) is 11.0. The van der Waals surface area contributed by atoms with Gasteiger partial charge in [-0.25, -0.2) is 4.98 Å². The minimum atomic E-state index is 0.0742. The summed E-state index contributed by atoms with van der Waals surface area (Å²) in [6.07, 6.45) is 3.44. The van der Waals surface area contributed by atoms with Crippen molar-refractivity contribution in [1.29, 1.82) is 0 Å². The summed E-state index contributed by atoms with van der Waals surface area (Å²) in [6, 6.07) is 14.6. The van der Waals surface area contributed by atoms with Crippen LogP contribution in [0.4, 0.5) is 0 Å². The fourth-order valence-corrected chi connectivity index (χ4v) is 4.49. The molecule has 0 spiro atoms. The highest BCUT2D eigenvalue weighted by molar-refractivity contribution is 5.78. The Morgan fingerprint density at radius 1 is 1.20 bits per heavy atom. The van der Waals surface area contributed by atoms with Crippen molar-refractivity contribution in [3.8, 4) is 5.75 Å². The highest BCUT2D eigenvalue weighted by Gasteiger charge is 2.32. The lowest BCUT2D eigenvalue weighted by Crippen LogP contribution is -2.31. The van der Waals surface area contributed by atoms with Crippen LogP contribution in [0.25, 0.3) is 11.0 Å². The van der Waals surface area contributed by atoms with Gasteiger partial charge in [-0.05, 0) is 56.9 Å². The normalized spacial score (nSPS) is 16.4. The van der Waals surface area contributed by atoms with Crippen molar-refractivity contribution in [2.45, 2.75) is 59.0 Å². The van der Waals surface area contributed by atoms with E-state index in [9.17, 15) is 4.79 Å². The molecule has 1 saturated heterocycles. The number of benzene rings is 2. The molecule has 1 aliphatic heterocycles. The molecule has 1 fully saturated rings. The van der Waals surface area contributed by atoms with Crippen LogP contribution in [0.1, 0.15) is 55.6 Å². The van der Waals surface area contributed by atoms with Crippen molar-refractivity contribution in [2.75, 3.05) is 13.2 Å². The highest BCUT2D eigenvalue weighted by Crippen LogP contribution is 2.34. The number of hydrogen-bond donors (Lipinski definition) is 0. The van der Waals surface area contributed by atoms with Gasteiger partial charge in [-0.15, -0.1) is 0 Å². The van der Waals surface area contributed by atoms with Gasteiger partial charge in [0, 0.05) is 19.5 Å². The number of imidazole rings is 1. The molecule has 4 rings (SSSR count). The lowest BCUT2D eigenvalue weighted by Gasteiger charge is -2.25. The minimum Gasteiger partial charge on any atom is -0.493 e. The predicted octanol–water partition coefficient (Wildman–Crippen LogP) is 5.20. The van der Waals surface area contributed by atoms with E-state index in [-0.39, 0.29) is 11.9 Å². The maximum atomic E-state index is 12.5. The highest BCUT2D eigenvalue weighted by atomic mass is 16.5. The summed E-state index contributed by atoms with van der Waals surface area (Å²) in [4.78, 5) is 19.4. The standard InChI is InChI=1S/C25H31N3O2/c1-4-24(29)27-14-7-11-22(27)25-26-20-9-5-6-10-21(20)28(25)15-8-16-30-23-13-12-18(2)17-19(23)3/h5-6,9-10,12-13,17,22H,4,7-8,11,14-16H2,1-3H3/t22-/m1/s1. The summed E-state index contributed by atoms with van der Waals surface area (Å²) < 4.78 is 8.34. The molecule has 0 aliphatic carbocycles. The van der Waals surface area contributed by atoms with Crippen molar-refractivity contribution in [3.63, 3.8) is 0 Å². The molecule has 1 amide bonds. The second kappa shape index (κ2) is 8.90. The topological polar surface area (TPSA) is 47.4 Å². The molecule has 0 N–H and O–H groups in total. The average molecular weight is 406 g/mol. The summed E-state index contributed by atoms with van der Waals surface area (Å²) in [6.45, 7) is 8.42. The SMILES string of the molecule is CCC(=O)N1CCC[C@@H]1c1nc2ccccc2n1CCCOc1ccc(C)cc1C. The molecular weight excluding hydrogens is 374 g/mol. The molecule has 5 heteroatoms. The van der Waals surface area contributed by atoms with Gasteiger partial charge in [-0.2, -0.15) is 0 Å². The Bertz CT molecular complexity index is 1040. The van der Waals surface area contributed by atoms with Crippen LogP contribution in [0.5, 0.6) is 5.75 Å². The molecular formula is C25H31N3O2. The van der Waals surface area contributed by atoms with Gasteiger partial charge in [0.15, 0.2) is 0 Å². The Hall–Kier alpha value is -2.82. The Labute approximate surface area is 178 Å². The maximum Gasteiger partial charge on any atom is 0.222 e. The third kappa shape index (κ3) is 4.07. The number of likely N-dealkylation sites (tertiary alicyclic amines) is 1. The summed E-state index contributed by atoms with van der Waals surface area (Å²) in [5.41, 5.74) is 4.55. The van der Waals surface area contributed by atoms with E-state index in [1.165, 1.54) is 11.1 Å². The number of ether oxygens (including phenoxy) is 1. The number of amides is 1. The number of hydrogen-bond acceptors (Lipinski definition) is 3. The number of rotatable bonds is 7. The van der Waals surface area contributed by atoms with Gasteiger partial charge in [0.1, 0.15) is 11.6 Å². The van der Waals surface area contributed by atoms with Crippen LogP contribution in [0.2, 0.25) is 0 Å². The van der Waals surface area contributed by atoms with Gasteiger partial charge in [0.25, 0.3) is 0 Å². The number of carbonyl (C=O) groups is 1. The zero-order chi connectivity index (χ0) is 21.1. The summed E-state index contributed by atoms with van der Waals surface area (Å²) in [5, 5.41) is 0. The zero-order valence-corrected chi connectivity index (χ0v) is 18.2. The van der Waals surface area contributed by atoms with Crippen LogP contribution in [0, 0.1) is 13.8 Å². The molecule has 30 heavy (non-hydrogen) atoms. The lowest BCUT2D eigenvalue weighted by molar-refractivity contribution is -0.131. The molecule has 0 bridgehead atoms. The van der Waals surface area contributed by atoms with Crippen LogP contribution in [0.15, 0.2) is 42.5 Å². The summed E-state index contributed by atoms with van der Waals surface area (Å²) in [7, 11) is 0. The van der Waals surface area contributed by atoms with E-state index in [1.807, 2.05) is 17.9 Å². The smallest absolute Gasteiger partial charge is 0.222 e. The fraction of sp³-hybridized carbons (Fsp3) is 0.440. The third-order valence-electron chi connectivity index (χ3n) is 5.97. The maximum absolute atomic E-state index is 12.5. The molecule has 1 aromatic heterocycles. The van der Waals surface area contributed by atoms with E-state index in [4.69, 9.17) is 9.72 Å². The summed E-state index contributed by atoms with van der Waals surface area (Å²) in [5.74, 6) is 2.18. The molecule has 2 heterocycles. The van der Waals surface area contributed by atoms with Crippen LogP contribution in [-0.2, 0) is 11.3 Å². The van der Waals surface area contributed by atoms with Gasteiger partial charge < -0.3 is 14.2 Å². The third-order valence-corrected chi connectivity index (χ3v) is 5.97. The van der Waals surface area contributed by atoms with Gasteiger partial charge >= 0.3 is 0 Å². The molecule has 1 aliphatic rings. The van der Waals surface area contributed by atoms with E-state index in [1.54, 1.807) is 0 Å². The average Bonchev–Trinajstić information content (AvgIpc) is 3.36. The largest absolute Gasteiger partial charge is 0.493 e. The van der Waals surface area contributed by atoms with E-state index < -0.39 is 0 Å². The quantitative estimate of drug-likeness (QED) is 0.508. The molecule has 5 nitrogen and oxygen atoms in total. The van der Waals surface area contributed by atoms with E-state index in [0.717, 1.165) is 55.0 Å². The Kier molecular flexibility index (Phi) is 6.07. The van der Waals surface area contributed by atoms with Crippen LogP contribution in [-0.4, -0.2) is 33.5 Å². The fourth-order valence-electron chi connectivity index (χ4n) is 4.49. The van der Waals surface area contributed by atoms with E-state index in [0.29, 0.717) is 13.0 Å². The molecule has 158 valence electrons. The monoisotopic (exact) mass is 405 g/mol. The van der Waals surface area contributed by atoms with Gasteiger partial charge in [0.2, 0.25) is 5.91 Å². The van der Waals surface area contributed by atoms with Crippen molar-refractivity contribution in [1.82, 2.24) is 14.5 Å². The van der Waals surface area contributed by atoms with Gasteiger partial charge in [-0.1, -0.05) is 36.8 Å². The zero-order valence-electron chi connectivity index (χ0n) is 18.2. The van der Waals surface area contributed by atoms with Crippen LogP contribution in [0.3, 0.4) is 0 Å². The molecule has 0 unspecified atom stereocenters. The lowest BCUT2D eigenvalue weighted by atomic mass is 10.1. The van der Waals surface area contributed by atoms with E-state index >= 15 is 0 Å². The number of carbonyl (C=O) groups excluding carboxylic acids is 1.